The first-order chi connectivity index (χ1) is 29.3. The van der Waals surface area contributed by atoms with Gasteiger partial charge in [0.2, 0.25) is 0 Å². The SMILES string of the molecule is CC1(C)c2ccccc2-c2cc3c4c(c21)N1c2c(cc(-c5ccccc5)cc2C2(C)CCCCC12C)B4N(c1ccc(-c2ccccc2)cc1)c1cc2ccccc2cc1-3. The summed E-state index contributed by atoms with van der Waals surface area (Å²) >= 11 is 0. The highest BCUT2D eigenvalue weighted by Crippen LogP contribution is 2.65. The molecule has 0 bridgehead atoms. The van der Waals surface area contributed by atoms with Crippen LogP contribution in [0.4, 0.5) is 22.7 Å². The van der Waals surface area contributed by atoms with Gasteiger partial charge in [0.05, 0.1) is 5.54 Å². The van der Waals surface area contributed by atoms with Crippen molar-refractivity contribution in [3.63, 3.8) is 0 Å². The molecule has 0 radical (unpaired) electrons. The van der Waals surface area contributed by atoms with E-state index in [0.717, 1.165) is 0 Å². The number of benzene rings is 8. The molecule has 8 aromatic rings. The average Bonchev–Trinajstić information content (AvgIpc) is 3.65. The summed E-state index contributed by atoms with van der Waals surface area (Å²) in [7, 11) is 0. The Hall–Kier alpha value is -6.32. The molecule has 3 heterocycles. The molecule has 0 aromatic heterocycles. The van der Waals surface area contributed by atoms with Crippen LogP contribution in [0.25, 0.3) is 55.3 Å². The largest absolute Gasteiger partial charge is 0.376 e. The summed E-state index contributed by atoms with van der Waals surface area (Å²) in [5.41, 5.74) is 23.0. The standard InChI is InChI=1S/C57H47BN2/c1-55(2)47-24-14-13-23-43(47)45-35-46-44-31-39-21-11-12-22-40(39)34-50(44)60(42-27-25-38(26-28-42)36-17-7-5-8-18-36)58-49-33-41(37-19-9-6-10-20-37)32-48-53(49)59(54(51(45)55)52(46)58)57(4)30-16-15-29-56(48,57)3/h5-14,17-28,31-35H,15-16,29-30H2,1-4H3. The van der Waals surface area contributed by atoms with Crippen LogP contribution < -0.4 is 20.6 Å². The minimum atomic E-state index is -0.182. The number of hydrogen-bond acceptors (Lipinski definition) is 2. The number of rotatable bonds is 3. The molecule has 8 aromatic carbocycles. The fraction of sp³-hybridized carbons (Fsp3) is 0.193. The lowest BCUT2D eigenvalue weighted by Gasteiger charge is -2.54. The normalized spacial score (nSPS) is 20.9. The van der Waals surface area contributed by atoms with Gasteiger partial charge in [0.1, 0.15) is 0 Å². The van der Waals surface area contributed by atoms with Crippen molar-refractivity contribution in [2.75, 3.05) is 9.71 Å². The van der Waals surface area contributed by atoms with E-state index in [-0.39, 0.29) is 23.2 Å². The maximum Gasteiger partial charge on any atom is 0.333 e. The topological polar surface area (TPSA) is 6.48 Å². The van der Waals surface area contributed by atoms with E-state index < -0.39 is 0 Å². The molecule has 0 N–H and O–H groups in total. The number of anilines is 4. The summed E-state index contributed by atoms with van der Waals surface area (Å²) in [5, 5.41) is 2.55. The Morgan fingerprint density at radius 1 is 0.483 bits per heavy atom. The zero-order valence-corrected chi connectivity index (χ0v) is 34.9. The van der Waals surface area contributed by atoms with E-state index in [2.05, 4.69) is 201 Å². The van der Waals surface area contributed by atoms with Crippen molar-refractivity contribution in [3.8, 4) is 44.5 Å². The van der Waals surface area contributed by atoms with Gasteiger partial charge in [-0.15, -0.1) is 0 Å². The molecule has 288 valence electrons. The fourth-order valence-corrected chi connectivity index (χ4v) is 12.8. The van der Waals surface area contributed by atoms with E-state index in [1.807, 2.05) is 0 Å². The van der Waals surface area contributed by atoms with Crippen molar-refractivity contribution < 1.29 is 0 Å². The van der Waals surface area contributed by atoms with Gasteiger partial charge >= 0.3 is 6.85 Å². The van der Waals surface area contributed by atoms with Gasteiger partial charge in [0, 0.05) is 39.1 Å². The zero-order chi connectivity index (χ0) is 40.1. The summed E-state index contributed by atoms with van der Waals surface area (Å²) in [4.78, 5) is 5.69. The molecule has 13 rings (SSSR count). The van der Waals surface area contributed by atoms with Gasteiger partial charge in [-0.1, -0.05) is 161 Å². The first-order valence-corrected chi connectivity index (χ1v) is 22.1. The van der Waals surface area contributed by atoms with Crippen molar-refractivity contribution in [2.45, 2.75) is 69.7 Å². The third-order valence-electron chi connectivity index (χ3n) is 15.9. The van der Waals surface area contributed by atoms with Crippen LogP contribution in [0.5, 0.6) is 0 Å². The van der Waals surface area contributed by atoms with Crippen LogP contribution in [-0.4, -0.2) is 12.4 Å². The maximum absolute atomic E-state index is 2.95. The molecule has 60 heavy (non-hydrogen) atoms. The van der Waals surface area contributed by atoms with E-state index in [0.29, 0.717) is 0 Å². The van der Waals surface area contributed by atoms with E-state index in [1.165, 1.54) is 131 Å². The van der Waals surface area contributed by atoms with Crippen LogP contribution in [0.2, 0.25) is 0 Å². The Bertz CT molecular complexity index is 3110. The molecule has 1 saturated carbocycles. The van der Waals surface area contributed by atoms with Crippen LogP contribution in [0.15, 0.2) is 164 Å². The Balaban J connectivity index is 1.20. The zero-order valence-electron chi connectivity index (χ0n) is 34.9. The molecule has 5 aliphatic rings. The molecule has 1 fully saturated rings. The lowest BCUT2D eigenvalue weighted by molar-refractivity contribution is 0.195. The second-order valence-electron chi connectivity index (χ2n) is 19.2. The van der Waals surface area contributed by atoms with Crippen LogP contribution >= 0.6 is 0 Å². The number of hydrogen-bond donors (Lipinski definition) is 0. The number of nitrogens with zero attached hydrogens (tertiary/aromatic N) is 2. The van der Waals surface area contributed by atoms with Crippen molar-refractivity contribution in [1.29, 1.82) is 0 Å². The minimum Gasteiger partial charge on any atom is -0.376 e. The van der Waals surface area contributed by atoms with Gasteiger partial charge in [0.25, 0.3) is 0 Å². The number of fused-ring (bicyclic) bond motifs is 12. The highest BCUT2D eigenvalue weighted by atomic mass is 15.3. The summed E-state index contributed by atoms with van der Waals surface area (Å²) in [6.07, 6.45) is 4.86. The molecule has 0 saturated heterocycles. The van der Waals surface area contributed by atoms with Crippen molar-refractivity contribution >= 4 is 51.3 Å². The summed E-state index contributed by atoms with van der Waals surface area (Å²) < 4.78 is 0. The maximum atomic E-state index is 2.95. The van der Waals surface area contributed by atoms with Gasteiger partial charge in [0.15, 0.2) is 0 Å². The summed E-state index contributed by atoms with van der Waals surface area (Å²) in [5.74, 6) is 0. The van der Waals surface area contributed by atoms with Crippen molar-refractivity contribution in [2.24, 2.45) is 0 Å². The van der Waals surface area contributed by atoms with Crippen molar-refractivity contribution in [1.82, 2.24) is 0 Å². The second kappa shape index (κ2) is 11.9. The highest BCUT2D eigenvalue weighted by Gasteiger charge is 2.63. The van der Waals surface area contributed by atoms with Gasteiger partial charge in [-0.05, 0) is 133 Å². The molecule has 3 aliphatic heterocycles. The fourth-order valence-electron chi connectivity index (χ4n) is 12.8. The molecule has 2 unspecified atom stereocenters. The predicted molar refractivity (Wildman–Crippen MR) is 254 cm³/mol. The molecule has 2 nitrogen and oxygen atoms in total. The van der Waals surface area contributed by atoms with Gasteiger partial charge in [-0.25, -0.2) is 0 Å². The molecular formula is C57H47BN2. The quantitative estimate of drug-likeness (QED) is 0.165. The Kier molecular flexibility index (Phi) is 6.86. The van der Waals surface area contributed by atoms with Gasteiger partial charge < -0.3 is 9.71 Å². The summed E-state index contributed by atoms with van der Waals surface area (Å²) in [6.45, 7) is 10.2. The van der Waals surface area contributed by atoms with Crippen LogP contribution in [0, 0.1) is 0 Å². The molecule has 2 atom stereocenters. The molecule has 0 spiro atoms. The van der Waals surface area contributed by atoms with E-state index in [4.69, 9.17) is 0 Å². The molecule has 2 aliphatic carbocycles. The lowest BCUT2D eigenvalue weighted by atomic mass is 9.42. The van der Waals surface area contributed by atoms with Gasteiger partial charge in [-0.2, -0.15) is 0 Å². The monoisotopic (exact) mass is 770 g/mol. The van der Waals surface area contributed by atoms with Crippen LogP contribution in [-0.2, 0) is 10.8 Å². The molecule has 3 heteroatoms. The van der Waals surface area contributed by atoms with Crippen molar-refractivity contribution in [3.05, 3.63) is 180 Å². The average molecular weight is 771 g/mol. The first kappa shape index (κ1) is 34.5. The predicted octanol–water partition coefficient (Wildman–Crippen LogP) is 13.5. The Morgan fingerprint density at radius 3 is 1.87 bits per heavy atom. The summed E-state index contributed by atoms with van der Waals surface area (Å²) in [6, 6.07) is 62.4. The van der Waals surface area contributed by atoms with E-state index in [9.17, 15) is 0 Å². The van der Waals surface area contributed by atoms with Crippen LogP contribution in [0.1, 0.15) is 70.1 Å². The molecule has 0 amide bonds. The third kappa shape index (κ3) is 4.30. The smallest absolute Gasteiger partial charge is 0.333 e. The Morgan fingerprint density at radius 2 is 1.12 bits per heavy atom. The third-order valence-corrected chi connectivity index (χ3v) is 15.9. The van der Waals surface area contributed by atoms with Crippen LogP contribution in [0.3, 0.4) is 0 Å². The van der Waals surface area contributed by atoms with E-state index >= 15 is 0 Å². The van der Waals surface area contributed by atoms with E-state index in [1.54, 1.807) is 0 Å². The molecular weight excluding hydrogens is 723 g/mol. The highest BCUT2D eigenvalue weighted by molar-refractivity contribution is 6.94. The lowest BCUT2D eigenvalue weighted by Crippen LogP contribution is -2.65. The second-order valence-corrected chi connectivity index (χ2v) is 19.2. The Labute approximate surface area is 354 Å². The minimum absolute atomic E-state index is 0.0253. The first-order valence-electron chi connectivity index (χ1n) is 22.1. The van der Waals surface area contributed by atoms with Gasteiger partial charge in [-0.3, -0.25) is 0 Å².